The lowest BCUT2D eigenvalue weighted by Crippen LogP contribution is -2.34. The predicted octanol–water partition coefficient (Wildman–Crippen LogP) is 3.22. The number of H-pyrrole nitrogens is 1. The van der Waals surface area contributed by atoms with E-state index in [2.05, 4.69) is 34.8 Å². The molecule has 3 aromatic rings. The van der Waals surface area contributed by atoms with Gasteiger partial charge in [0.25, 0.3) is 0 Å². The molecule has 1 aromatic carbocycles. The summed E-state index contributed by atoms with van der Waals surface area (Å²) in [5.74, 6) is 0.374. The standard InChI is InChI=1S/C20H20N4O2/c1-3-19(26)24-9-8-14(12(24)2)16-10-13-11-17(22-23-20(13)21-16)15-6-4-5-7-18(15)25/h3-7,10-12,14,25H,1,8-9H2,2H3,(H,21,23)/t12-,14+/m0/s1. The van der Waals surface area contributed by atoms with E-state index >= 15 is 0 Å². The summed E-state index contributed by atoms with van der Waals surface area (Å²) in [5.41, 5.74) is 3.04. The van der Waals surface area contributed by atoms with E-state index in [-0.39, 0.29) is 23.6 Å². The van der Waals surface area contributed by atoms with Gasteiger partial charge < -0.3 is 15.0 Å². The molecule has 1 saturated heterocycles. The number of nitrogens with one attached hydrogen (secondary N) is 1. The number of rotatable bonds is 3. The molecule has 0 saturated carbocycles. The molecule has 26 heavy (non-hydrogen) atoms. The number of amides is 1. The zero-order valence-electron chi connectivity index (χ0n) is 14.5. The number of hydrogen-bond acceptors (Lipinski definition) is 4. The van der Waals surface area contributed by atoms with Crippen molar-refractivity contribution in [3.05, 3.63) is 54.7 Å². The van der Waals surface area contributed by atoms with Gasteiger partial charge in [-0.1, -0.05) is 18.7 Å². The fourth-order valence-corrected chi connectivity index (χ4v) is 3.76. The molecule has 0 spiro atoms. The molecule has 0 radical (unpaired) electrons. The summed E-state index contributed by atoms with van der Waals surface area (Å²) in [4.78, 5) is 17.1. The maximum atomic E-state index is 12.0. The summed E-state index contributed by atoms with van der Waals surface area (Å²) in [5, 5.41) is 19.5. The zero-order valence-corrected chi connectivity index (χ0v) is 14.5. The molecule has 4 rings (SSSR count). The molecule has 2 atom stereocenters. The van der Waals surface area contributed by atoms with Crippen molar-refractivity contribution in [2.24, 2.45) is 0 Å². The van der Waals surface area contributed by atoms with Crippen LogP contribution in [0.2, 0.25) is 0 Å². The fourth-order valence-electron chi connectivity index (χ4n) is 3.76. The molecule has 1 aliphatic rings. The van der Waals surface area contributed by atoms with Crippen molar-refractivity contribution < 1.29 is 9.90 Å². The van der Waals surface area contributed by atoms with Gasteiger partial charge >= 0.3 is 0 Å². The molecule has 1 fully saturated rings. The van der Waals surface area contributed by atoms with Crippen molar-refractivity contribution in [2.75, 3.05) is 6.54 Å². The molecule has 2 aromatic heterocycles. The first-order valence-corrected chi connectivity index (χ1v) is 8.66. The third kappa shape index (κ3) is 2.63. The number of likely N-dealkylation sites (tertiary alicyclic amines) is 1. The Kier molecular flexibility index (Phi) is 3.95. The van der Waals surface area contributed by atoms with Crippen molar-refractivity contribution in [1.82, 2.24) is 20.1 Å². The highest BCUT2D eigenvalue weighted by Crippen LogP contribution is 2.35. The van der Waals surface area contributed by atoms with Gasteiger partial charge in [-0.05, 0) is 43.7 Å². The molecule has 0 aliphatic carbocycles. The Labute approximate surface area is 151 Å². The lowest BCUT2D eigenvalue weighted by molar-refractivity contribution is -0.126. The third-order valence-corrected chi connectivity index (χ3v) is 5.19. The van der Waals surface area contributed by atoms with Crippen LogP contribution in [0, 0.1) is 0 Å². The Morgan fingerprint density at radius 3 is 2.92 bits per heavy atom. The molecule has 6 heteroatoms. The second-order valence-corrected chi connectivity index (χ2v) is 6.65. The van der Waals surface area contributed by atoms with Crippen LogP contribution in [0.5, 0.6) is 5.75 Å². The Hall–Kier alpha value is -3.15. The smallest absolute Gasteiger partial charge is 0.246 e. The van der Waals surface area contributed by atoms with Gasteiger partial charge in [-0.3, -0.25) is 4.79 Å². The van der Waals surface area contributed by atoms with Gasteiger partial charge in [-0.15, -0.1) is 10.2 Å². The Balaban J connectivity index is 1.68. The van der Waals surface area contributed by atoms with Crippen LogP contribution in [0.3, 0.4) is 0 Å². The second kappa shape index (κ2) is 6.29. The first-order chi connectivity index (χ1) is 12.6. The Morgan fingerprint density at radius 2 is 2.15 bits per heavy atom. The fraction of sp³-hybridized carbons (Fsp3) is 0.250. The number of carbonyl (C=O) groups excluding carboxylic acids is 1. The van der Waals surface area contributed by atoms with Gasteiger partial charge in [0.1, 0.15) is 5.75 Å². The van der Waals surface area contributed by atoms with Gasteiger partial charge in [0.15, 0.2) is 5.65 Å². The van der Waals surface area contributed by atoms with E-state index in [0.717, 1.165) is 24.0 Å². The van der Waals surface area contributed by atoms with E-state index < -0.39 is 0 Å². The van der Waals surface area contributed by atoms with Crippen LogP contribution >= 0.6 is 0 Å². The lowest BCUT2D eigenvalue weighted by Gasteiger charge is -2.23. The number of phenols is 1. The number of fused-ring (bicyclic) bond motifs is 1. The number of benzene rings is 1. The quantitative estimate of drug-likeness (QED) is 0.712. The summed E-state index contributed by atoms with van der Waals surface area (Å²) in [7, 11) is 0. The molecule has 1 amide bonds. The number of hydrogen-bond donors (Lipinski definition) is 2. The first-order valence-electron chi connectivity index (χ1n) is 8.66. The van der Waals surface area contributed by atoms with Gasteiger partial charge in [0.05, 0.1) is 5.69 Å². The van der Waals surface area contributed by atoms with Gasteiger partial charge in [0, 0.05) is 35.1 Å². The summed E-state index contributed by atoms with van der Waals surface area (Å²) >= 11 is 0. The van der Waals surface area contributed by atoms with Crippen LogP contribution in [-0.4, -0.2) is 43.7 Å². The van der Waals surface area contributed by atoms with Crippen LogP contribution in [0.25, 0.3) is 22.3 Å². The van der Waals surface area contributed by atoms with Crippen molar-refractivity contribution in [2.45, 2.75) is 25.3 Å². The van der Waals surface area contributed by atoms with Crippen LogP contribution in [0.4, 0.5) is 0 Å². The summed E-state index contributed by atoms with van der Waals surface area (Å²) in [6, 6.07) is 11.2. The van der Waals surface area contributed by atoms with E-state index in [4.69, 9.17) is 0 Å². The highest BCUT2D eigenvalue weighted by molar-refractivity contribution is 5.87. The highest BCUT2D eigenvalue weighted by Gasteiger charge is 2.34. The molecule has 6 nitrogen and oxygen atoms in total. The van der Waals surface area contributed by atoms with Gasteiger partial charge in [0.2, 0.25) is 5.91 Å². The topological polar surface area (TPSA) is 82.1 Å². The van der Waals surface area contributed by atoms with Gasteiger partial charge in [-0.25, -0.2) is 0 Å². The normalized spacial score (nSPS) is 19.8. The number of aromatic nitrogens is 3. The summed E-state index contributed by atoms with van der Waals surface area (Å²) in [6.45, 7) is 6.36. The van der Waals surface area contributed by atoms with Crippen molar-refractivity contribution in [3.63, 3.8) is 0 Å². The van der Waals surface area contributed by atoms with Crippen molar-refractivity contribution >= 4 is 16.9 Å². The van der Waals surface area contributed by atoms with Crippen molar-refractivity contribution in [3.8, 4) is 17.0 Å². The summed E-state index contributed by atoms with van der Waals surface area (Å²) in [6.07, 6.45) is 2.27. The lowest BCUT2D eigenvalue weighted by atomic mass is 9.98. The second-order valence-electron chi connectivity index (χ2n) is 6.65. The maximum Gasteiger partial charge on any atom is 0.246 e. The van der Waals surface area contributed by atoms with E-state index in [9.17, 15) is 9.90 Å². The third-order valence-electron chi connectivity index (χ3n) is 5.19. The first kappa shape index (κ1) is 16.3. The highest BCUT2D eigenvalue weighted by atomic mass is 16.3. The minimum atomic E-state index is -0.0299. The average Bonchev–Trinajstić information content (AvgIpc) is 3.24. The van der Waals surface area contributed by atoms with E-state index in [1.807, 2.05) is 23.1 Å². The Morgan fingerprint density at radius 1 is 1.35 bits per heavy atom. The summed E-state index contributed by atoms with van der Waals surface area (Å²) < 4.78 is 0. The zero-order chi connectivity index (χ0) is 18.3. The van der Waals surface area contributed by atoms with Crippen LogP contribution in [0.1, 0.15) is 25.0 Å². The predicted molar refractivity (Wildman–Crippen MR) is 99.7 cm³/mol. The SMILES string of the molecule is C=CC(=O)N1CC[C@@H](c2cc3cc(-c4ccccc4O)nnc3[nH]2)[C@@H]1C. The van der Waals surface area contributed by atoms with Crippen molar-refractivity contribution in [1.29, 1.82) is 0 Å². The minimum Gasteiger partial charge on any atom is -0.507 e. The maximum absolute atomic E-state index is 12.0. The molecule has 3 heterocycles. The molecule has 2 N–H and O–H groups in total. The molecule has 0 bridgehead atoms. The molecule has 1 aliphatic heterocycles. The largest absolute Gasteiger partial charge is 0.507 e. The van der Waals surface area contributed by atoms with Gasteiger partial charge in [-0.2, -0.15) is 0 Å². The van der Waals surface area contributed by atoms with E-state index in [1.165, 1.54) is 6.08 Å². The molecular weight excluding hydrogens is 328 g/mol. The van der Waals surface area contributed by atoms with Crippen LogP contribution in [-0.2, 0) is 4.79 Å². The van der Waals surface area contributed by atoms with Crippen LogP contribution in [0.15, 0.2) is 49.1 Å². The number of phenolic OH excluding ortho intramolecular Hbond substituents is 1. The number of aromatic amines is 1. The number of nitrogens with zero attached hydrogens (tertiary/aromatic N) is 3. The monoisotopic (exact) mass is 348 g/mol. The molecule has 132 valence electrons. The van der Waals surface area contributed by atoms with E-state index in [1.54, 1.807) is 12.1 Å². The number of para-hydroxylation sites is 1. The molecular formula is C20H20N4O2. The minimum absolute atomic E-state index is 0.0299. The average molecular weight is 348 g/mol. The number of aromatic hydroxyl groups is 1. The number of carbonyl (C=O) groups is 1. The molecule has 0 unspecified atom stereocenters. The Bertz CT molecular complexity index is 994. The van der Waals surface area contributed by atoms with E-state index in [0.29, 0.717) is 16.9 Å². The van der Waals surface area contributed by atoms with Crippen LogP contribution < -0.4 is 0 Å².